The molecule has 0 aliphatic carbocycles. The van der Waals surface area contributed by atoms with Crippen molar-refractivity contribution in [1.82, 2.24) is 9.97 Å². The van der Waals surface area contributed by atoms with E-state index in [2.05, 4.69) is 15.3 Å². The van der Waals surface area contributed by atoms with E-state index in [4.69, 9.17) is 4.42 Å². The molecule has 4 aromatic rings. The van der Waals surface area contributed by atoms with Crippen LogP contribution in [0.15, 0.2) is 71.6 Å². The Balaban J connectivity index is 1.70. The molecule has 7 heteroatoms. The van der Waals surface area contributed by atoms with Crippen molar-refractivity contribution in [3.05, 3.63) is 88.8 Å². The third-order valence-corrected chi connectivity index (χ3v) is 5.03. The van der Waals surface area contributed by atoms with Crippen LogP contribution in [-0.4, -0.2) is 21.7 Å². The number of thiazole rings is 1. The summed E-state index contributed by atoms with van der Waals surface area (Å²) in [6.07, 6.45) is 4.60. The molecule has 138 valence electrons. The summed E-state index contributed by atoms with van der Waals surface area (Å²) in [5.74, 6) is -0.0269. The van der Waals surface area contributed by atoms with Crippen LogP contribution in [-0.2, 0) is 0 Å². The second-order valence-electron chi connectivity index (χ2n) is 6.06. The molecule has 0 fully saturated rings. The second-order valence-corrected chi connectivity index (χ2v) is 7.06. The Hall–Kier alpha value is -3.58. The van der Waals surface area contributed by atoms with Crippen molar-refractivity contribution < 1.29 is 14.0 Å². The van der Waals surface area contributed by atoms with Gasteiger partial charge in [-0.1, -0.05) is 41.2 Å². The average Bonchev–Trinajstić information content (AvgIpc) is 3.38. The molecule has 0 bridgehead atoms. The number of carbonyl (C=O) groups is 2. The quantitative estimate of drug-likeness (QED) is 0.505. The largest absolute Gasteiger partial charge is 0.463 e. The van der Waals surface area contributed by atoms with Gasteiger partial charge in [0.2, 0.25) is 5.78 Å². The van der Waals surface area contributed by atoms with Crippen molar-refractivity contribution in [2.45, 2.75) is 6.92 Å². The molecule has 1 amide bonds. The van der Waals surface area contributed by atoms with Crippen molar-refractivity contribution in [2.75, 3.05) is 5.32 Å². The molecule has 0 saturated carbocycles. The van der Waals surface area contributed by atoms with Gasteiger partial charge >= 0.3 is 0 Å². The summed E-state index contributed by atoms with van der Waals surface area (Å²) < 4.78 is 5.44. The van der Waals surface area contributed by atoms with Crippen molar-refractivity contribution in [2.24, 2.45) is 0 Å². The Morgan fingerprint density at radius 1 is 1.00 bits per heavy atom. The molecule has 0 unspecified atom stereocenters. The molecule has 0 aliphatic heterocycles. The zero-order chi connectivity index (χ0) is 19.5. The number of carbonyl (C=O) groups excluding carboxylic acids is 2. The Morgan fingerprint density at radius 3 is 2.43 bits per heavy atom. The Morgan fingerprint density at radius 2 is 1.75 bits per heavy atom. The topological polar surface area (TPSA) is 85.1 Å². The Bertz CT molecular complexity index is 1120. The van der Waals surface area contributed by atoms with E-state index in [-0.39, 0.29) is 11.7 Å². The van der Waals surface area contributed by atoms with Crippen LogP contribution in [0.4, 0.5) is 5.13 Å². The molecule has 0 aliphatic rings. The minimum atomic E-state index is -0.323. The van der Waals surface area contributed by atoms with E-state index in [0.717, 1.165) is 16.9 Å². The van der Waals surface area contributed by atoms with Crippen LogP contribution in [0.5, 0.6) is 0 Å². The van der Waals surface area contributed by atoms with Gasteiger partial charge < -0.3 is 4.42 Å². The predicted molar refractivity (Wildman–Crippen MR) is 107 cm³/mol. The summed E-state index contributed by atoms with van der Waals surface area (Å²) in [5, 5.41) is 3.07. The summed E-state index contributed by atoms with van der Waals surface area (Å²) in [5.41, 5.74) is 2.48. The molecule has 3 aromatic heterocycles. The third-order valence-electron chi connectivity index (χ3n) is 4.06. The molecule has 0 spiro atoms. The van der Waals surface area contributed by atoms with E-state index < -0.39 is 0 Å². The average molecular weight is 389 g/mol. The summed E-state index contributed by atoms with van der Waals surface area (Å²) >= 11 is 1.12. The smallest absolute Gasteiger partial charge is 0.257 e. The van der Waals surface area contributed by atoms with Gasteiger partial charge in [0, 0.05) is 23.5 Å². The SMILES string of the molecule is Cc1ccc(C(=O)c2sc(NC(=O)c3ccncc3)nc2-c2ccco2)cc1. The molecule has 0 atom stereocenters. The number of nitrogens with zero attached hydrogens (tertiary/aromatic N) is 2. The first-order valence-corrected chi connectivity index (χ1v) is 9.31. The van der Waals surface area contributed by atoms with E-state index >= 15 is 0 Å². The highest BCUT2D eigenvalue weighted by atomic mass is 32.1. The Kier molecular flexibility index (Phi) is 4.82. The van der Waals surface area contributed by atoms with Crippen LogP contribution < -0.4 is 5.32 Å². The third kappa shape index (κ3) is 3.60. The van der Waals surface area contributed by atoms with Gasteiger partial charge in [-0.2, -0.15) is 0 Å². The molecule has 3 heterocycles. The molecule has 0 radical (unpaired) electrons. The number of aryl methyl sites for hydroxylation is 1. The number of hydrogen-bond acceptors (Lipinski definition) is 6. The number of hydrogen-bond donors (Lipinski definition) is 1. The van der Waals surface area contributed by atoms with Crippen LogP contribution in [0, 0.1) is 6.92 Å². The zero-order valence-electron chi connectivity index (χ0n) is 14.9. The van der Waals surface area contributed by atoms with Gasteiger partial charge in [0.15, 0.2) is 10.9 Å². The van der Waals surface area contributed by atoms with E-state index in [9.17, 15) is 9.59 Å². The van der Waals surface area contributed by atoms with Crippen LogP contribution in [0.25, 0.3) is 11.5 Å². The van der Waals surface area contributed by atoms with Gasteiger partial charge in [-0.15, -0.1) is 0 Å². The van der Waals surface area contributed by atoms with E-state index in [1.165, 1.54) is 18.7 Å². The molecular weight excluding hydrogens is 374 g/mol. The van der Waals surface area contributed by atoms with E-state index in [0.29, 0.717) is 32.6 Å². The molecule has 4 rings (SSSR count). The van der Waals surface area contributed by atoms with Crippen LogP contribution in [0.2, 0.25) is 0 Å². The molecule has 28 heavy (non-hydrogen) atoms. The first-order valence-electron chi connectivity index (χ1n) is 8.49. The first-order chi connectivity index (χ1) is 13.6. The van der Waals surface area contributed by atoms with Crippen molar-refractivity contribution in [3.63, 3.8) is 0 Å². The van der Waals surface area contributed by atoms with Gasteiger partial charge in [0.05, 0.1) is 6.26 Å². The normalized spacial score (nSPS) is 10.6. The number of aromatic nitrogens is 2. The minimum absolute atomic E-state index is 0.173. The fraction of sp³-hybridized carbons (Fsp3) is 0.0476. The van der Waals surface area contributed by atoms with E-state index in [1.54, 1.807) is 36.4 Å². The summed E-state index contributed by atoms with van der Waals surface area (Å²) in [6, 6.07) is 14.0. The highest BCUT2D eigenvalue weighted by molar-refractivity contribution is 7.18. The maximum Gasteiger partial charge on any atom is 0.257 e. The number of ketones is 1. The van der Waals surface area contributed by atoms with Crippen molar-refractivity contribution >= 4 is 28.2 Å². The number of furan rings is 1. The number of nitrogens with one attached hydrogen (secondary N) is 1. The monoisotopic (exact) mass is 389 g/mol. The molecule has 6 nitrogen and oxygen atoms in total. The lowest BCUT2D eigenvalue weighted by Crippen LogP contribution is -2.11. The number of benzene rings is 1. The lowest BCUT2D eigenvalue weighted by Gasteiger charge is -2.01. The lowest BCUT2D eigenvalue weighted by atomic mass is 10.1. The van der Waals surface area contributed by atoms with Crippen LogP contribution in [0.3, 0.4) is 0 Å². The van der Waals surface area contributed by atoms with Crippen LogP contribution >= 0.6 is 11.3 Å². The summed E-state index contributed by atoms with van der Waals surface area (Å²) in [7, 11) is 0. The predicted octanol–water partition coefficient (Wildman–Crippen LogP) is 4.59. The highest BCUT2D eigenvalue weighted by Gasteiger charge is 2.23. The number of rotatable bonds is 5. The number of pyridine rings is 1. The first kappa shape index (κ1) is 17.8. The second kappa shape index (κ2) is 7.58. The fourth-order valence-electron chi connectivity index (χ4n) is 2.62. The number of anilines is 1. The van der Waals surface area contributed by atoms with Crippen molar-refractivity contribution in [3.8, 4) is 11.5 Å². The maximum absolute atomic E-state index is 13.1. The standard InChI is InChI=1S/C21H15N3O3S/c1-13-4-6-14(7-5-13)18(25)19-17(16-3-2-12-27-16)23-21(28-19)24-20(26)15-8-10-22-11-9-15/h2-12H,1H3,(H,23,24,26). The van der Waals surface area contributed by atoms with Gasteiger partial charge in [0.25, 0.3) is 5.91 Å². The van der Waals surface area contributed by atoms with Gasteiger partial charge in [-0.3, -0.25) is 19.9 Å². The molecular formula is C21H15N3O3S. The number of amides is 1. The fourth-order valence-corrected chi connectivity index (χ4v) is 3.54. The lowest BCUT2D eigenvalue weighted by molar-refractivity contribution is 0.102. The minimum Gasteiger partial charge on any atom is -0.463 e. The maximum atomic E-state index is 13.1. The summed E-state index contributed by atoms with van der Waals surface area (Å²) in [6.45, 7) is 1.96. The van der Waals surface area contributed by atoms with Gasteiger partial charge in [-0.25, -0.2) is 4.98 Å². The molecule has 1 aromatic carbocycles. The van der Waals surface area contributed by atoms with Crippen LogP contribution in [0.1, 0.15) is 31.2 Å². The molecule has 1 N–H and O–H groups in total. The highest BCUT2D eigenvalue weighted by Crippen LogP contribution is 2.33. The van der Waals surface area contributed by atoms with Gasteiger partial charge in [-0.05, 0) is 31.2 Å². The molecule has 0 saturated heterocycles. The summed E-state index contributed by atoms with van der Waals surface area (Å²) in [4.78, 5) is 34.2. The van der Waals surface area contributed by atoms with Gasteiger partial charge in [0.1, 0.15) is 10.6 Å². The van der Waals surface area contributed by atoms with E-state index in [1.807, 2.05) is 19.1 Å². The zero-order valence-corrected chi connectivity index (χ0v) is 15.7. The van der Waals surface area contributed by atoms with Crippen molar-refractivity contribution in [1.29, 1.82) is 0 Å². The Labute approximate surface area is 164 Å².